The number of esters is 2. The minimum atomic E-state index is -0.868. The molecule has 250 valence electrons. The van der Waals surface area contributed by atoms with Gasteiger partial charge in [0.2, 0.25) is 0 Å². The van der Waals surface area contributed by atoms with Crippen LogP contribution in [0.25, 0.3) is 0 Å². The van der Waals surface area contributed by atoms with Gasteiger partial charge in [0, 0.05) is 12.8 Å². The number of hydrogen-bond donors (Lipinski definition) is 2. The molecular weight excluding hydrogens is 552 g/mol. The Labute approximate surface area is 268 Å². The van der Waals surface area contributed by atoms with Gasteiger partial charge in [0.25, 0.3) is 0 Å². The number of carbonyl (C=O) groups excluding carboxylic acids is 2. The van der Waals surface area contributed by atoms with Crippen molar-refractivity contribution < 1.29 is 29.3 Å². The third-order valence-electron chi connectivity index (χ3n) is 7.17. The molecule has 0 heterocycles. The summed E-state index contributed by atoms with van der Waals surface area (Å²) >= 11 is 0. The third kappa shape index (κ3) is 29.4. The van der Waals surface area contributed by atoms with E-state index in [1.807, 2.05) is 12.2 Å². The van der Waals surface area contributed by atoms with E-state index in [2.05, 4.69) is 69.4 Å². The molecule has 0 radical (unpaired) electrons. The van der Waals surface area contributed by atoms with E-state index in [0.29, 0.717) is 6.42 Å². The maximum Gasteiger partial charge on any atom is 0.306 e. The molecule has 6 heteroatoms. The number of aliphatic hydroxyl groups is 2. The second-order valence-corrected chi connectivity index (χ2v) is 11.3. The predicted octanol–water partition coefficient (Wildman–Crippen LogP) is 9.05. The van der Waals surface area contributed by atoms with Gasteiger partial charge in [0.1, 0.15) is 6.61 Å². The summed E-state index contributed by atoms with van der Waals surface area (Å²) in [7, 11) is 0. The largest absolute Gasteiger partial charge is 0.462 e. The molecule has 2 N–H and O–H groups in total. The van der Waals surface area contributed by atoms with Gasteiger partial charge in [-0.1, -0.05) is 139 Å². The second kappa shape index (κ2) is 31.7. The van der Waals surface area contributed by atoms with Crippen LogP contribution in [-0.4, -0.2) is 47.6 Å². The Morgan fingerprint density at radius 1 is 0.682 bits per heavy atom. The van der Waals surface area contributed by atoms with E-state index in [4.69, 9.17) is 9.47 Å². The van der Waals surface area contributed by atoms with Crippen molar-refractivity contribution in [3.05, 3.63) is 72.9 Å². The highest BCUT2D eigenvalue weighted by Crippen LogP contribution is 2.15. The molecule has 0 amide bonds. The molecule has 0 aliphatic rings. The van der Waals surface area contributed by atoms with Crippen molar-refractivity contribution in [2.75, 3.05) is 13.2 Å². The first-order valence-corrected chi connectivity index (χ1v) is 17.0. The molecule has 0 aliphatic heterocycles. The number of unbranched alkanes of at least 4 members (excludes halogenated alkanes) is 5. The van der Waals surface area contributed by atoms with E-state index in [0.717, 1.165) is 57.3 Å². The Hall–Kier alpha value is -2.70. The van der Waals surface area contributed by atoms with Crippen molar-refractivity contribution in [1.82, 2.24) is 0 Å². The van der Waals surface area contributed by atoms with Crippen molar-refractivity contribution >= 4 is 11.9 Å². The molecule has 0 spiro atoms. The Kier molecular flexibility index (Phi) is 29.8. The van der Waals surface area contributed by atoms with Gasteiger partial charge in [-0.2, -0.15) is 0 Å². The van der Waals surface area contributed by atoms with Crippen LogP contribution in [-0.2, 0) is 19.1 Å². The van der Waals surface area contributed by atoms with Gasteiger partial charge >= 0.3 is 11.9 Å². The minimum Gasteiger partial charge on any atom is -0.462 e. The summed E-state index contributed by atoms with van der Waals surface area (Å²) in [5.74, 6) is -0.0828. The lowest BCUT2D eigenvalue weighted by molar-refractivity contribution is -0.161. The summed E-state index contributed by atoms with van der Waals surface area (Å²) in [4.78, 5) is 24.1. The Balaban J connectivity index is 3.92. The van der Waals surface area contributed by atoms with Crippen LogP contribution in [0, 0.1) is 5.92 Å². The number of carbonyl (C=O) groups is 2. The van der Waals surface area contributed by atoms with E-state index in [-0.39, 0.29) is 25.4 Å². The van der Waals surface area contributed by atoms with E-state index < -0.39 is 24.8 Å². The van der Waals surface area contributed by atoms with E-state index >= 15 is 0 Å². The summed E-state index contributed by atoms with van der Waals surface area (Å²) < 4.78 is 10.4. The van der Waals surface area contributed by atoms with Crippen molar-refractivity contribution in [3.8, 4) is 0 Å². The molecule has 0 aliphatic carbocycles. The maximum atomic E-state index is 12.1. The monoisotopic (exact) mass is 614 g/mol. The Morgan fingerprint density at radius 3 is 1.84 bits per heavy atom. The average molecular weight is 615 g/mol. The highest BCUT2D eigenvalue weighted by molar-refractivity contribution is 5.70. The van der Waals surface area contributed by atoms with Gasteiger partial charge in [-0.25, -0.2) is 0 Å². The fourth-order valence-corrected chi connectivity index (χ4v) is 4.17. The summed E-state index contributed by atoms with van der Waals surface area (Å²) in [6.07, 6.45) is 37.3. The van der Waals surface area contributed by atoms with Crippen LogP contribution in [0.4, 0.5) is 0 Å². The molecule has 2 unspecified atom stereocenters. The smallest absolute Gasteiger partial charge is 0.306 e. The minimum absolute atomic E-state index is 0.0284. The predicted molar refractivity (Wildman–Crippen MR) is 183 cm³/mol. The molecule has 0 aromatic heterocycles. The normalized spacial score (nSPS) is 14.6. The molecule has 0 fully saturated rings. The topological polar surface area (TPSA) is 93.1 Å². The van der Waals surface area contributed by atoms with Crippen LogP contribution in [0.1, 0.15) is 124 Å². The van der Waals surface area contributed by atoms with Gasteiger partial charge < -0.3 is 19.7 Å². The van der Waals surface area contributed by atoms with Gasteiger partial charge in [0.15, 0.2) is 6.10 Å². The van der Waals surface area contributed by atoms with Crippen molar-refractivity contribution in [2.24, 2.45) is 5.92 Å². The zero-order chi connectivity index (χ0) is 32.5. The van der Waals surface area contributed by atoms with Crippen LogP contribution in [0.5, 0.6) is 0 Å². The standard InChI is InChI=1S/C38H62O6/c1-4-6-7-8-9-10-11-12-13-14-15-16-17-18-22-25-28-35(40)30-31-37(41)43-33-36(32-39)44-38(42)29-26-23-20-19-21-24-27-34(3)5-2/h6-7,9-10,12-13,15-16,18,22,25,28,34-36,39-40H,4-5,8,11,14,17,19-21,23-24,26-27,29-33H2,1-3H3/b7-6-,10-9-,13-12-,16-15-,22-18-,28-25-/t34?,35?,36-/m0/s1. The maximum absolute atomic E-state index is 12.1. The van der Waals surface area contributed by atoms with Gasteiger partial charge in [-0.05, 0) is 50.9 Å². The fourth-order valence-electron chi connectivity index (χ4n) is 4.17. The SMILES string of the molecule is CC/C=C\C/C=C\C/C=C\C/C=C\C/C=C\C=C/C(O)CCC(=O)OC[C@H](CO)OC(=O)CCCCCCCCC(C)CC. The van der Waals surface area contributed by atoms with E-state index in [1.54, 1.807) is 12.2 Å². The zero-order valence-electron chi connectivity index (χ0n) is 27.9. The second-order valence-electron chi connectivity index (χ2n) is 11.3. The van der Waals surface area contributed by atoms with Gasteiger partial charge in [-0.15, -0.1) is 0 Å². The number of ether oxygens (including phenoxy) is 2. The van der Waals surface area contributed by atoms with Gasteiger partial charge in [-0.3, -0.25) is 9.59 Å². The molecule has 0 saturated heterocycles. The highest BCUT2D eigenvalue weighted by atomic mass is 16.6. The molecule has 0 aromatic rings. The zero-order valence-corrected chi connectivity index (χ0v) is 27.9. The number of aliphatic hydroxyl groups excluding tert-OH is 2. The highest BCUT2D eigenvalue weighted by Gasteiger charge is 2.16. The molecular formula is C38H62O6. The molecule has 44 heavy (non-hydrogen) atoms. The molecule has 3 atom stereocenters. The number of allylic oxidation sites excluding steroid dienone is 11. The summed E-state index contributed by atoms with van der Waals surface area (Å²) in [6.45, 7) is 6.06. The van der Waals surface area contributed by atoms with E-state index in [9.17, 15) is 19.8 Å². The molecule has 0 rings (SSSR count). The number of hydrogen-bond acceptors (Lipinski definition) is 6. The quantitative estimate of drug-likeness (QED) is 0.0395. The summed E-state index contributed by atoms with van der Waals surface area (Å²) in [5.41, 5.74) is 0. The summed E-state index contributed by atoms with van der Waals surface area (Å²) in [5, 5.41) is 19.6. The summed E-state index contributed by atoms with van der Waals surface area (Å²) in [6, 6.07) is 0. The average Bonchev–Trinajstić information content (AvgIpc) is 3.02. The Bertz CT molecular complexity index is 867. The number of rotatable bonds is 28. The first kappa shape index (κ1) is 41.3. The first-order chi connectivity index (χ1) is 21.4. The first-order valence-electron chi connectivity index (χ1n) is 17.0. The molecule has 0 saturated carbocycles. The lowest BCUT2D eigenvalue weighted by Gasteiger charge is -2.16. The van der Waals surface area contributed by atoms with Crippen molar-refractivity contribution in [1.29, 1.82) is 0 Å². The lowest BCUT2D eigenvalue weighted by atomic mass is 10.00. The van der Waals surface area contributed by atoms with Crippen LogP contribution in [0.3, 0.4) is 0 Å². The van der Waals surface area contributed by atoms with Crippen LogP contribution in [0.15, 0.2) is 72.9 Å². The van der Waals surface area contributed by atoms with Crippen LogP contribution < -0.4 is 0 Å². The molecule has 0 bridgehead atoms. The fraction of sp³-hybridized carbons (Fsp3) is 0.632. The van der Waals surface area contributed by atoms with E-state index in [1.165, 1.54) is 32.1 Å². The molecule has 6 nitrogen and oxygen atoms in total. The van der Waals surface area contributed by atoms with Gasteiger partial charge in [0.05, 0.1) is 12.7 Å². The molecule has 0 aromatic carbocycles. The third-order valence-corrected chi connectivity index (χ3v) is 7.17. The lowest BCUT2D eigenvalue weighted by Crippen LogP contribution is -2.28. The van der Waals surface area contributed by atoms with Crippen LogP contribution in [0.2, 0.25) is 0 Å². The Morgan fingerprint density at radius 2 is 1.25 bits per heavy atom. The van der Waals surface area contributed by atoms with Crippen LogP contribution >= 0.6 is 0 Å². The van der Waals surface area contributed by atoms with Crippen molar-refractivity contribution in [3.63, 3.8) is 0 Å². The van der Waals surface area contributed by atoms with Crippen molar-refractivity contribution in [2.45, 2.75) is 136 Å².